The van der Waals surface area contributed by atoms with Crippen molar-refractivity contribution in [1.82, 2.24) is 0 Å². The van der Waals surface area contributed by atoms with E-state index >= 15 is 0 Å². The Labute approximate surface area is 149 Å². The summed E-state index contributed by atoms with van der Waals surface area (Å²) in [6.07, 6.45) is 0.920. The molecule has 0 aliphatic heterocycles. The Morgan fingerprint density at radius 3 is 2.21 bits per heavy atom. The number of anilines is 2. The molecule has 0 radical (unpaired) electrons. The van der Waals surface area contributed by atoms with Crippen LogP contribution in [0.3, 0.4) is 0 Å². The zero-order valence-corrected chi connectivity index (χ0v) is 15.1. The highest BCUT2D eigenvalue weighted by Crippen LogP contribution is 2.26. The first-order valence-corrected chi connectivity index (χ1v) is 8.40. The van der Waals surface area contributed by atoms with Crippen molar-refractivity contribution < 1.29 is 14.3 Å². The van der Waals surface area contributed by atoms with Crippen molar-refractivity contribution >= 4 is 39.1 Å². The maximum absolute atomic E-state index is 12.3. The maximum atomic E-state index is 12.3. The molecule has 0 bridgehead atoms. The first kappa shape index (κ1) is 18.0. The third-order valence-electron chi connectivity index (χ3n) is 3.12. The smallest absolute Gasteiger partial charge is 0.255 e. The van der Waals surface area contributed by atoms with Gasteiger partial charge < -0.3 is 15.4 Å². The number of carbonyl (C=O) groups excluding carboxylic acids is 2. The van der Waals surface area contributed by atoms with Gasteiger partial charge in [0.2, 0.25) is 5.91 Å². The lowest BCUT2D eigenvalue weighted by molar-refractivity contribution is -0.114. The summed E-state index contributed by atoms with van der Waals surface area (Å²) in [5.41, 5.74) is 1.86. The molecule has 0 unspecified atom stereocenters. The predicted molar refractivity (Wildman–Crippen MR) is 98.6 cm³/mol. The lowest BCUT2D eigenvalue weighted by Gasteiger charge is -2.10. The number of halogens is 1. The molecule has 24 heavy (non-hydrogen) atoms. The van der Waals surface area contributed by atoms with Gasteiger partial charge in [-0.15, -0.1) is 0 Å². The molecule has 0 aliphatic carbocycles. The van der Waals surface area contributed by atoms with Crippen LogP contribution in [0, 0.1) is 0 Å². The summed E-state index contributed by atoms with van der Waals surface area (Å²) in [5, 5.41) is 5.49. The van der Waals surface area contributed by atoms with Crippen LogP contribution in [0.15, 0.2) is 46.9 Å². The topological polar surface area (TPSA) is 67.4 Å². The number of benzene rings is 2. The van der Waals surface area contributed by atoms with E-state index in [0.29, 0.717) is 29.3 Å². The van der Waals surface area contributed by atoms with Crippen LogP contribution in [0.2, 0.25) is 0 Å². The molecule has 2 rings (SSSR count). The molecular weight excluding hydrogens is 372 g/mol. The summed E-state index contributed by atoms with van der Waals surface area (Å²) in [5.74, 6) is 0.361. The average Bonchev–Trinajstić information content (AvgIpc) is 2.55. The van der Waals surface area contributed by atoms with Gasteiger partial charge in [-0.3, -0.25) is 9.59 Å². The Hall–Kier alpha value is -2.34. The van der Waals surface area contributed by atoms with E-state index in [1.807, 2.05) is 6.92 Å². The third kappa shape index (κ3) is 5.09. The largest absolute Gasteiger partial charge is 0.492 e. The van der Waals surface area contributed by atoms with Gasteiger partial charge in [0.15, 0.2) is 0 Å². The highest BCUT2D eigenvalue weighted by Gasteiger charge is 2.10. The van der Waals surface area contributed by atoms with Gasteiger partial charge in [0.25, 0.3) is 5.91 Å². The van der Waals surface area contributed by atoms with E-state index in [2.05, 4.69) is 26.6 Å². The van der Waals surface area contributed by atoms with E-state index in [9.17, 15) is 9.59 Å². The van der Waals surface area contributed by atoms with Gasteiger partial charge >= 0.3 is 0 Å². The first-order chi connectivity index (χ1) is 11.5. The van der Waals surface area contributed by atoms with Crippen molar-refractivity contribution in [2.45, 2.75) is 20.3 Å². The zero-order chi connectivity index (χ0) is 17.5. The highest BCUT2D eigenvalue weighted by atomic mass is 79.9. The molecule has 0 heterocycles. The van der Waals surface area contributed by atoms with E-state index in [1.165, 1.54) is 6.92 Å². The monoisotopic (exact) mass is 390 g/mol. The van der Waals surface area contributed by atoms with Crippen LogP contribution in [0.25, 0.3) is 0 Å². The Balaban J connectivity index is 2.04. The molecule has 0 fully saturated rings. The second kappa shape index (κ2) is 8.49. The van der Waals surface area contributed by atoms with E-state index in [4.69, 9.17) is 4.74 Å². The van der Waals surface area contributed by atoms with Gasteiger partial charge in [-0.25, -0.2) is 0 Å². The van der Waals surface area contributed by atoms with Crippen LogP contribution in [0.4, 0.5) is 11.4 Å². The Bertz CT molecular complexity index is 730. The predicted octanol–water partition coefficient (Wildman–Crippen LogP) is 4.45. The number of nitrogens with one attached hydrogen (secondary N) is 2. The first-order valence-electron chi connectivity index (χ1n) is 7.61. The number of amides is 2. The molecule has 0 aliphatic rings. The molecule has 0 saturated heterocycles. The van der Waals surface area contributed by atoms with Crippen LogP contribution in [0.1, 0.15) is 30.6 Å². The molecule has 2 aromatic carbocycles. The summed E-state index contributed by atoms with van der Waals surface area (Å²) in [6, 6.07) is 12.1. The van der Waals surface area contributed by atoms with Gasteiger partial charge in [0, 0.05) is 23.9 Å². The standard InChI is InChI=1S/C18H19BrN2O3/c1-3-10-24-17-9-4-13(11-16(17)19)18(23)21-15-7-5-14(6-8-15)20-12(2)22/h4-9,11H,3,10H2,1-2H3,(H,20,22)(H,21,23). The van der Waals surface area contributed by atoms with E-state index in [-0.39, 0.29) is 11.8 Å². The zero-order valence-electron chi connectivity index (χ0n) is 13.6. The third-order valence-corrected chi connectivity index (χ3v) is 3.74. The second-order valence-corrected chi connectivity index (χ2v) is 6.06. The number of rotatable bonds is 6. The summed E-state index contributed by atoms with van der Waals surface area (Å²) in [7, 11) is 0. The van der Waals surface area contributed by atoms with Crippen LogP contribution in [-0.2, 0) is 4.79 Å². The van der Waals surface area contributed by atoms with Crippen molar-refractivity contribution in [2.24, 2.45) is 0 Å². The molecule has 2 N–H and O–H groups in total. The van der Waals surface area contributed by atoms with Crippen molar-refractivity contribution in [3.63, 3.8) is 0 Å². The summed E-state index contributed by atoms with van der Waals surface area (Å²) in [4.78, 5) is 23.3. The van der Waals surface area contributed by atoms with Crippen molar-refractivity contribution in [3.05, 3.63) is 52.5 Å². The summed E-state index contributed by atoms with van der Waals surface area (Å²) < 4.78 is 6.31. The molecule has 2 aromatic rings. The summed E-state index contributed by atoms with van der Waals surface area (Å²) >= 11 is 3.42. The van der Waals surface area contributed by atoms with Gasteiger partial charge in [-0.05, 0) is 64.8 Å². The number of ether oxygens (including phenoxy) is 1. The minimum absolute atomic E-state index is 0.137. The molecule has 5 nitrogen and oxygen atoms in total. The summed E-state index contributed by atoms with van der Waals surface area (Å²) in [6.45, 7) is 4.11. The fraction of sp³-hybridized carbons (Fsp3) is 0.222. The molecule has 0 atom stereocenters. The average molecular weight is 391 g/mol. The fourth-order valence-electron chi connectivity index (χ4n) is 2.01. The van der Waals surface area contributed by atoms with Gasteiger partial charge in [0.05, 0.1) is 11.1 Å². The molecular formula is C18H19BrN2O3. The van der Waals surface area contributed by atoms with E-state index in [1.54, 1.807) is 42.5 Å². The molecule has 0 saturated carbocycles. The fourth-order valence-corrected chi connectivity index (χ4v) is 2.51. The minimum atomic E-state index is -0.218. The molecule has 6 heteroatoms. The van der Waals surface area contributed by atoms with Gasteiger partial charge in [0.1, 0.15) is 5.75 Å². The van der Waals surface area contributed by atoms with Crippen molar-refractivity contribution in [2.75, 3.05) is 17.2 Å². The van der Waals surface area contributed by atoms with E-state index < -0.39 is 0 Å². The Morgan fingerprint density at radius 2 is 1.67 bits per heavy atom. The van der Waals surface area contributed by atoms with Crippen LogP contribution in [-0.4, -0.2) is 18.4 Å². The quantitative estimate of drug-likeness (QED) is 0.765. The second-order valence-electron chi connectivity index (χ2n) is 5.21. The van der Waals surface area contributed by atoms with Crippen molar-refractivity contribution in [3.8, 4) is 5.75 Å². The number of hydrogen-bond acceptors (Lipinski definition) is 3. The van der Waals surface area contributed by atoms with Crippen LogP contribution < -0.4 is 15.4 Å². The van der Waals surface area contributed by atoms with Gasteiger partial charge in [-0.2, -0.15) is 0 Å². The number of carbonyl (C=O) groups is 2. The lowest BCUT2D eigenvalue weighted by atomic mass is 10.2. The molecule has 2 amide bonds. The maximum Gasteiger partial charge on any atom is 0.255 e. The van der Waals surface area contributed by atoms with E-state index in [0.717, 1.165) is 10.9 Å². The number of hydrogen-bond donors (Lipinski definition) is 2. The molecule has 0 spiro atoms. The normalized spacial score (nSPS) is 10.1. The van der Waals surface area contributed by atoms with Crippen molar-refractivity contribution in [1.29, 1.82) is 0 Å². The Morgan fingerprint density at radius 1 is 1.04 bits per heavy atom. The lowest BCUT2D eigenvalue weighted by Crippen LogP contribution is -2.12. The van der Waals surface area contributed by atoms with Gasteiger partial charge in [-0.1, -0.05) is 6.92 Å². The van der Waals surface area contributed by atoms with Crippen LogP contribution in [0.5, 0.6) is 5.75 Å². The SMILES string of the molecule is CCCOc1ccc(C(=O)Nc2ccc(NC(C)=O)cc2)cc1Br. The molecule has 0 aromatic heterocycles. The van der Waals surface area contributed by atoms with Crippen LogP contribution >= 0.6 is 15.9 Å². The molecule has 126 valence electrons. The minimum Gasteiger partial charge on any atom is -0.492 e. The highest BCUT2D eigenvalue weighted by molar-refractivity contribution is 9.10. The Kier molecular flexibility index (Phi) is 6.37.